The fourth-order valence-corrected chi connectivity index (χ4v) is 2.90. The summed E-state index contributed by atoms with van der Waals surface area (Å²) in [4.78, 5) is 24.3. The quantitative estimate of drug-likeness (QED) is 0.523. The molecule has 0 aliphatic rings. The van der Waals surface area contributed by atoms with Gasteiger partial charge in [0, 0.05) is 6.42 Å². The molecule has 2 N–H and O–H groups in total. The molecule has 0 saturated heterocycles. The van der Waals surface area contributed by atoms with E-state index in [4.69, 9.17) is 13.9 Å². The number of rotatable bonds is 8. The summed E-state index contributed by atoms with van der Waals surface area (Å²) in [6, 6.07) is 18.3. The van der Waals surface area contributed by atoms with Crippen LogP contribution in [0.5, 0.6) is 0 Å². The molecule has 0 spiro atoms. The normalized spacial score (nSPS) is 12.0. The van der Waals surface area contributed by atoms with Gasteiger partial charge in [0.25, 0.3) is 0 Å². The van der Waals surface area contributed by atoms with Crippen molar-refractivity contribution in [3.63, 3.8) is 0 Å². The predicted molar refractivity (Wildman–Crippen MR) is 120 cm³/mol. The zero-order valence-electron chi connectivity index (χ0n) is 18.9. The Balaban J connectivity index is 1.59. The van der Waals surface area contributed by atoms with Gasteiger partial charge in [0.2, 0.25) is 11.8 Å². The van der Waals surface area contributed by atoms with E-state index in [0.29, 0.717) is 6.42 Å². The first kappa shape index (κ1) is 23.8. The molecule has 2 aromatic carbocycles. The number of hydrogen-bond donors (Lipinski definition) is 2. The molecule has 0 aliphatic carbocycles. The van der Waals surface area contributed by atoms with Crippen LogP contribution in [0.2, 0.25) is 0 Å². The number of hydrogen-bond acceptors (Lipinski definition) is 7. The lowest BCUT2D eigenvalue weighted by Crippen LogP contribution is -2.36. The summed E-state index contributed by atoms with van der Waals surface area (Å²) < 4.78 is 16.2. The third-order valence-corrected chi connectivity index (χ3v) is 4.35. The van der Waals surface area contributed by atoms with Crippen molar-refractivity contribution in [3.8, 4) is 0 Å². The predicted octanol–water partition coefficient (Wildman–Crippen LogP) is 4.30. The molecule has 0 aliphatic heterocycles. The molecular weight excluding hydrogens is 424 g/mol. The molecular formula is C24H28N4O5. The average Bonchev–Trinajstić information content (AvgIpc) is 3.25. The number of nitrogens with zero attached hydrogens (tertiary/aromatic N) is 2. The number of amides is 2. The van der Waals surface area contributed by atoms with Crippen LogP contribution >= 0.6 is 0 Å². The first-order chi connectivity index (χ1) is 15.8. The van der Waals surface area contributed by atoms with Gasteiger partial charge in [0.15, 0.2) is 0 Å². The van der Waals surface area contributed by atoms with Crippen LogP contribution in [-0.2, 0) is 29.0 Å². The van der Waals surface area contributed by atoms with Gasteiger partial charge in [-0.25, -0.2) is 9.59 Å². The minimum absolute atomic E-state index is 0.00881. The van der Waals surface area contributed by atoms with Crippen LogP contribution < -0.4 is 10.6 Å². The minimum Gasteiger partial charge on any atom is -0.445 e. The van der Waals surface area contributed by atoms with E-state index in [1.54, 1.807) is 20.8 Å². The van der Waals surface area contributed by atoms with E-state index in [1.807, 2.05) is 60.7 Å². The Morgan fingerprint density at radius 2 is 1.58 bits per heavy atom. The number of carbonyl (C=O) groups is 2. The van der Waals surface area contributed by atoms with E-state index in [0.717, 1.165) is 11.1 Å². The first-order valence-corrected chi connectivity index (χ1v) is 10.6. The Labute approximate surface area is 192 Å². The molecule has 0 fully saturated rings. The summed E-state index contributed by atoms with van der Waals surface area (Å²) in [7, 11) is 0. The van der Waals surface area contributed by atoms with Crippen LogP contribution in [0, 0.1) is 0 Å². The maximum atomic E-state index is 12.3. The highest BCUT2D eigenvalue weighted by atomic mass is 16.6. The van der Waals surface area contributed by atoms with Crippen LogP contribution in [0.4, 0.5) is 9.59 Å². The summed E-state index contributed by atoms with van der Waals surface area (Å²) in [6.07, 6.45) is -0.772. The van der Waals surface area contributed by atoms with Crippen molar-refractivity contribution in [3.05, 3.63) is 83.6 Å². The third kappa shape index (κ3) is 8.29. The molecule has 0 saturated carbocycles. The van der Waals surface area contributed by atoms with E-state index in [9.17, 15) is 9.59 Å². The summed E-state index contributed by atoms with van der Waals surface area (Å²) in [5.74, 6) is 0.393. The lowest BCUT2D eigenvalue weighted by atomic mass is 10.1. The second kappa shape index (κ2) is 11.1. The average molecular weight is 453 g/mol. The van der Waals surface area contributed by atoms with Gasteiger partial charge in [-0.2, -0.15) is 0 Å². The molecule has 0 radical (unpaired) electrons. The molecule has 3 rings (SSSR count). The molecule has 33 heavy (non-hydrogen) atoms. The van der Waals surface area contributed by atoms with Gasteiger partial charge in [-0.05, 0) is 31.9 Å². The number of ether oxygens (including phenoxy) is 2. The molecule has 1 atom stereocenters. The van der Waals surface area contributed by atoms with E-state index in [2.05, 4.69) is 20.8 Å². The standard InChI is InChI=1S/C24H28N4O5/c1-24(2,3)33-23(30)26-19(14-17-10-6-4-7-11-17)21-28-27-20(32-21)15-25-22(29)31-16-18-12-8-5-9-13-18/h4-13,19H,14-16H2,1-3H3,(H,25,29)(H,26,30)/t19-/m0/s1. The summed E-state index contributed by atoms with van der Waals surface area (Å²) in [5.41, 5.74) is 1.21. The molecule has 9 heteroatoms. The van der Waals surface area contributed by atoms with Crippen LogP contribution in [-0.4, -0.2) is 28.0 Å². The number of carbonyl (C=O) groups excluding carboxylic acids is 2. The SMILES string of the molecule is CC(C)(C)OC(=O)N[C@@H](Cc1ccccc1)c1nnc(CNC(=O)OCc2ccccc2)o1. The highest BCUT2D eigenvalue weighted by Gasteiger charge is 2.25. The van der Waals surface area contributed by atoms with E-state index in [1.165, 1.54) is 0 Å². The largest absolute Gasteiger partial charge is 0.445 e. The van der Waals surface area contributed by atoms with Crippen molar-refractivity contribution >= 4 is 12.2 Å². The topological polar surface area (TPSA) is 116 Å². The third-order valence-electron chi connectivity index (χ3n) is 4.35. The zero-order chi connectivity index (χ0) is 23.7. The monoisotopic (exact) mass is 452 g/mol. The van der Waals surface area contributed by atoms with Gasteiger partial charge in [-0.1, -0.05) is 60.7 Å². The smallest absolute Gasteiger partial charge is 0.408 e. The van der Waals surface area contributed by atoms with Crippen molar-refractivity contribution in [2.75, 3.05) is 0 Å². The van der Waals surface area contributed by atoms with Crippen molar-refractivity contribution in [2.24, 2.45) is 0 Å². The van der Waals surface area contributed by atoms with Crippen molar-refractivity contribution in [1.82, 2.24) is 20.8 Å². The molecule has 1 aromatic heterocycles. The molecule has 2 amide bonds. The Kier molecular flexibility index (Phi) is 8.01. The number of aromatic nitrogens is 2. The van der Waals surface area contributed by atoms with Crippen molar-refractivity contribution < 1.29 is 23.5 Å². The van der Waals surface area contributed by atoms with Crippen LogP contribution in [0.3, 0.4) is 0 Å². The van der Waals surface area contributed by atoms with Crippen LogP contribution in [0.1, 0.15) is 49.7 Å². The lowest BCUT2D eigenvalue weighted by Gasteiger charge is -2.22. The molecule has 3 aromatic rings. The molecule has 174 valence electrons. The van der Waals surface area contributed by atoms with E-state index < -0.39 is 23.8 Å². The van der Waals surface area contributed by atoms with Crippen molar-refractivity contribution in [2.45, 2.75) is 52.0 Å². The summed E-state index contributed by atoms with van der Waals surface area (Å²) in [5, 5.41) is 13.4. The number of benzene rings is 2. The highest BCUT2D eigenvalue weighted by molar-refractivity contribution is 5.68. The van der Waals surface area contributed by atoms with Crippen LogP contribution in [0.15, 0.2) is 65.1 Å². The zero-order valence-corrected chi connectivity index (χ0v) is 18.9. The van der Waals surface area contributed by atoms with Crippen LogP contribution in [0.25, 0.3) is 0 Å². The van der Waals surface area contributed by atoms with Gasteiger partial charge in [-0.3, -0.25) is 0 Å². The van der Waals surface area contributed by atoms with E-state index in [-0.39, 0.29) is 24.9 Å². The second-order valence-electron chi connectivity index (χ2n) is 8.34. The number of alkyl carbamates (subject to hydrolysis) is 2. The molecule has 0 bridgehead atoms. The Morgan fingerprint density at radius 1 is 0.939 bits per heavy atom. The van der Waals surface area contributed by atoms with Gasteiger partial charge in [0.05, 0.1) is 6.54 Å². The molecule has 0 unspecified atom stereocenters. The highest BCUT2D eigenvalue weighted by Crippen LogP contribution is 2.19. The Hall–Kier alpha value is -3.88. The van der Waals surface area contributed by atoms with Gasteiger partial charge in [0.1, 0.15) is 18.2 Å². The summed E-state index contributed by atoms with van der Waals surface area (Å²) in [6.45, 7) is 5.50. The molecule has 9 nitrogen and oxygen atoms in total. The first-order valence-electron chi connectivity index (χ1n) is 10.6. The Bertz CT molecular complexity index is 1030. The second-order valence-corrected chi connectivity index (χ2v) is 8.34. The minimum atomic E-state index is -0.647. The lowest BCUT2D eigenvalue weighted by molar-refractivity contribution is 0.0495. The molecule has 1 heterocycles. The van der Waals surface area contributed by atoms with Crippen molar-refractivity contribution in [1.29, 1.82) is 0 Å². The van der Waals surface area contributed by atoms with Gasteiger partial charge >= 0.3 is 12.2 Å². The maximum absolute atomic E-state index is 12.3. The van der Waals surface area contributed by atoms with E-state index >= 15 is 0 Å². The number of nitrogens with one attached hydrogen (secondary N) is 2. The fraction of sp³-hybridized carbons (Fsp3) is 0.333. The van der Waals surface area contributed by atoms with Gasteiger partial charge in [-0.15, -0.1) is 10.2 Å². The Morgan fingerprint density at radius 3 is 2.21 bits per heavy atom. The van der Waals surface area contributed by atoms with Gasteiger partial charge < -0.3 is 24.5 Å². The summed E-state index contributed by atoms with van der Waals surface area (Å²) >= 11 is 0. The maximum Gasteiger partial charge on any atom is 0.408 e. The fourth-order valence-electron chi connectivity index (χ4n) is 2.90.